The van der Waals surface area contributed by atoms with Crippen molar-refractivity contribution >= 4 is 18.0 Å². The molecule has 7 heteroatoms. The number of aliphatic carboxylic acids is 1. The summed E-state index contributed by atoms with van der Waals surface area (Å²) < 4.78 is 5.55. The Morgan fingerprint density at radius 2 is 1.61 bits per heavy atom. The summed E-state index contributed by atoms with van der Waals surface area (Å²) in [6.07, 6.45) is 2.92. The van der Waals surface area contributed by atoms with Crippen LogP contribution in [-0.4, -0.2) is 41.8 Å². The normalized spacial score (nSPS) is 16.6. The number of alkyl carbamates (subject to hydrolysis) is 1. The summed E-state index contributed by atoms with van der Waals surface area (Å²) in [5.41, 5.74) is 4.50. The number of carbonyl (C=O) groups is 3. The quantitative estimate of drug-likeness (QED) is 0.534. The number of amides is 2. The molecule has 0 spiro atoms. The first-order chi connectivity index (χ1) is 16.0. The van der Waals surface area contributed by atoms with Crippen LogP contribution in [0.5, 0.6) is 0 Å². The van der Waals surface area contributed by atoms with Crippen molar-refractivity contribution in [1.82, 2.24) is 10.6 Å². The number of carbonyl (C=O) groups excluding carboxylic acids is 2. The van der Waals surface area contributed by atoms with Crippen molar-refractivity contribution < 1.29 is 24.2 Å². The molecule has 2 aromatic carbocycles. The molecule has 2 amide bonds. The van der Waals surface area contributed by atoms with E-state index in [2.05, 4.69) is 22.8 Å². The molecule has 2 unspecified atom stereocenters. The van der Waals surface area contributed by atoms with Crippen LogP contribution in [0.4, 0.5) is 4.79 Å². The molecular weight excluding hydrogens is 420 g/mol. The maximum absolute atomic E-state index is 12.8. The van der Waals surface area contributed by atoms with E-state index in [0.717, 1.165) is 41.5 Å². The molecule has 1 fully saturated rings. The van der Waals surface area contributed by atoms with Crippen molar-refractivity contribution in [2.24, 2.45) is 5.92 Å². The highest BCUT2D eigenvalue weighted by molar-refractivity contribution is 5.89. The van der Waals surface area contributed by atoms with Gasteiger partial charge in [-0.2, -0.15) is 0 Å². The number of hydrogen-bond acceptors (Lipinski definition) is 4. The van der Waals surface area contributed by atoms with Gasteiger partial charge in [0.05, 0.1) is 0 Å². The van der Waals surface area contributed by atoms with Crippen molar-refractivity contribution in [3.63, 3.8) is 0 Å². The van der Waals surface area contributed by atoms with Crippen LogP contribution < -0.4 is 10.6 Å². The predicted molar refractivity (Wildman–Crippen MR) is 124 cm³/mol. The molecule has 2 atom stereocenters. The number of ether oxygens (including phenoxy) is 1. The molecule has 174 valence electrons. The molecule has 0 aromatic heterocycles. The summed E-state index contributed by atoms with van der Waals surface area (Å²) in [6.45, 7) is 2.06. The third-order valence-electron chi connectivity index (χ3n) is 6.71. The van der Waals surface area contributed by atoms with E-state index in [1.807, 2.05) is 43.3 Å². The van der Waals surface area contributed by atoms with Gasteiger partial charge in [0.2, 0.25) is 5.91 Å². The molecule has 0 heterocycles. The van der Waals surface area contributed by atoms with E-state index in [1.165, 1.54) is 0 Å². The number of fused-ring (bicyclic) bond motifs is 3. The lowest BCUT2D eigenvalue weighted by atomic mass is 9.79. The molecule has 7 nitrogen and oxygen atoms in total. The second-order valence-electron chi connectivity index (χ2n) is 8.83. The van der Waals surface area contributed by atoms with Crippen LogP contribution in [0.1, 0.15) is 56.1 Å². The Kier molecular flexibility index (Phi) is 6.96. The van der Waals surface area contributed by atoms with Crippen LogP contribution in [-0.2, 0) is 14.3 Å². The van der Waals surface area contributed by atoms with Crippen LogP contribution in [0.15, 0.2) is 48.5 Å². The van der Waals surface area contributed by atoms with Crippen LogP contribution in [0.2, 0.25) is 0 Å². The molecule has 0 bridgehead atoms. The van der Waals surface area contributed by atoms with Gasteiger partial charge in [-0.3, -0.25) is 4.79 Å². The van der Waals surface area contributed by atoms with Crippen LogP contribution in [0.3, 0.4) is 0 Å². The highest BCUT2D eigenvalue weighted by Gasteiger charge is 2.35. The van der Waals surface area contributed by atoms with Crippen molar-refractivity contribution in [3.05, 3.63) is 59.7 Å². The summed E-state index contributed by atoms with van der Waals surface area (Å²) in [6, 6.07) is 14.4. The lowest BCUT2D eigenvalue weighted by molar-refractivity contribution is -0.144. The number of nitrogens with one attached hydrogen (secondary N) is 2. The standard InChI is InChI=1S/C26H30N2O5/c1-2-8-22(24(29)28-23(25(30)31)16-9-7-10-16)27-26(32)33-15-21-19-13-5-3-11-17(19)18-12-4-6-14-20(18)21/h3-6,11-14,16,21-23H,2,7-10,15H2,1H3,(H,27,32)(H,28,29)(H,30,31). The Bertz CT molecular complexity index is 987. The molecule has 2 aromatic rings. The van der Waals surface area contributed by atoms with E-state index >= 15 is 0 Å². The largest absolute Gasteiger partial charge is 0.480 e. The highest BCUT2D eigenvalue weighted by atomic mass is 16.5. The molecule has 0 aliphatic heterocycles. The van der Waals surface area contributed by atoms with Gasteiger partial charge in [0, 0.05) is 5.92 Å². The zero-order valence-corrected chi connectivity index (χ0v) is 18.8. The number of carboxylic acids is 1. The van der Waals surface area contributed by atoms with Gasteiger partial charge in [0.25, 0.3) is 0 Å². The van der Waals surface area contributed by atoms with E-state index in [1.54, 1.807) is 0 Å². The minimum absolute atomic E-state index is 0.0526. The highest BCUT2D eigenvalue weighted by Crippen LogP contribution is 2.44. The number of rotatable bonds is 9. The molecule has 1 saturated carbocycles. The Balaban J connectivity index is 1.38. The van der Waals surface area contributed by atoms with Gasteiger partial charge < -0.3 is 20.5 Å². The van der Waals surface area contributed by atoms with Crippen molar-refractivity contribution in [2.45, 2.75) is 57.0 Å². The molecular formula is C26H30N2O5. The van der Waals surface area contributed by atoms with Crippen LogP contribution >= 0.6 is 0 Å². The van der Waals surface area contributed by atoms with Gasteiger partial charge in [-0.05, 0) is 47.4 Å². The van der Waals surface area contributed by atoms with Crippen LogP contribution in [0, 0.1) is 5.92 Å². The van der Waals surface area contributed by atoms with Gasteiger partial charge >= 0.3 is 12.1 Å². The van der Waals surface area contributed by atoms with E-state index in [9.17, 15) is 19.5 Å². The smallest absolute Gasteiger partial charge is 0.407 e. The fourth-order valence-corrected chi connectivity index (χ4v) is 4.75. The van der Waals surface area contributed by atoms with E-state index in [-0.39, 0.29) is 18.4 Å². The number of benzene rings is 2. The van der Waals surface area contributed by atoms with Crippen molar-refractivity contribution in [3.8, 4) is 11.1 Å². The summed E-state index contributed by atoms with van der Waals surface area (Å²) in [4.78, 5) is 37.0. The lowest BCUT2D eigenvalue weighted by Gasteiger charge is -2.32. The molecule has 0 radical (unpaired) electrons. The number of carboxylic acid groups (broad SMARTS) is 1. The summed E-state index contributed by atoms with van der Waals surface area (Å²) >= 11 is 0. The Hall–Kier alpha value is -3.35. The maximum atomic E-state index is 12.8. The maximum Gasteiger partial charge on any atom is 0.407 e. The van der Waals surface area contributed by atoms with Crippen LogP contribution in [0.25, 0.3) is 11.1 Å². The van der Waals surface area contributed by atoms with E-state index in [0.29, 0.717) is 12.8 Å². The van der Waals surface area contributed by atoms with Gasteiger partial charge in [0.1, 0.15) is 18.7 Å². The third-order valence-corrected chi connectivity index (χ3v) is 6.71. The van der Waals surface area contributed by atoms with Crippen molar-refractivity contribution in [1.29, 1.82) is 0 Å². The number of hydrogen-bond donors (Lipinski definition) is 3. The minimum atomic E-state index is -1.04. The van der Waals surface area contributed by atoms with E-state index < -0.39 is 30.1 Å². The molecule has 33 heavy (non-hydrogen) atoms. The molecule has 3 N–H and O–H groups in total. The SMILES string of the molecule is CCCC(NC(=O)OCC1c2ccccc2-c2ccccc21)C(=O)NC(C(=O)O)C1CCC1. The second kappa shape index (κ2) is 10.1. The Morgan fingerprint density at radius 3 is 2.12 bits per heavy atom. The van der Waals surface area contributed by atoms with Gasteiger partial charge in [-0.25, -0.2) is 9.59 Å². The second-order valence-corrected chi connectivity index (χ2v) is 8.83. The first kappa shape index (κ1) is 22.8. The van der Waals surface area contributed by atoms with Gasteiger partial charge in [0.15, 0.2) is 0 Å². The minimum Gasteiger partial charge on any atom is -0.480 e. The first-order valence-electron chi connectivity index (χ1n) is 11.6. The zero-order valence-electron chi connectivity index (χ0n) is 18.8. The van der Waals surface area contributed by atoms with Crippen molar-refractivity contribution in [2.75, 3.05) is 6.61 Å². The Labute approximate surface area is 193 Å². The summed E-state index contributed by atoms with van der Waals surface area (Å²) in [7, 11) is 0. The third kappa shape index (κ3) is 4.87. The topological polar surface area (TPSA) is 105 Å². The average molecular weight is 451 g/mol. The lowest BCUT2D eigenvalue weighted by Crippen LogP contribution is -2.54. The molecule has 2 aliphatic rings. The fraction of sp³-hybridized carbons (Fsp3) is 0.423. The first-order valence-corrected chi connectivity index (χ1v) is 11.6. The molecule has 0 saturated heterocycles. The predicted octanol–water partition coefficient (Wildman–Crippen LogP) is 4.06. The molecule has 4 rings (SSSR count). The molecule has 2 aliphatic carbocycles. The monoisotopic (exact) mass is 450 g/mol. The van der Waals surface area contributed by atoms with E-state index in [4.69, 9.17) is 4.74 Å². The average Bonchev–Trinajstić information content (AvgIpc) is 3.09. The van der Waals surface area contributed by atoms with Gasteiger partial charge in [-0.1, -0.05) is 68.3 Å². The summed E-state index contributed by atoms with van der Waals surface area (Å²) in [5.74, 6) is -1.64. The zero-order chi connectivity index (χ0) is 23.4. The van der Waals surface area contributed by atoms with Gasteiger partial charge in [-0.15, -0.1) is 0 Å². The Morgan fingerprint density at radius 1 is 1.00 bits per heavy atom. The summed E-state index contributed by atoms with van der Waals surface area (Å²) in [5, 5.41) is 14.8. The fourth-order valence-electron chi connectivity index (χ4n) is 4.75.